The summed E-state index contributed by atoms with van der Waals surface area (Å²) in [5, 5.41) is 44.1. The molecule has 312 valence electrons. The highest BCUT2D eigenvalue weighted by molar-refractivity contribution is 8.13. The standard InChI is InChI=1S/C25H42N7O19P3S/c1-12(33)16(35)24(39)55-7-6-27-14(34)4-5-28-22(38)19(37)25(2,3)9-48-54(45,46)51-53(43,44)47-8-13-18(50-52(40,41)42)17(36)23(49-13)32-11-31-15-20(26)29-10-30-21(15)32/h10-13,16-19,23,33,35-37H,4-9H2,1-3H3,(H,27,34)(H,28,38)(H,43,44)(H,45,46)(H2,26,29,30)(H2,40,41,42)/t12?,13-,16?,17-,18-,19+,23-/m1/s1. The molecule has 2 aromatic heterocycles. The van der Waals surface area contributed by atoms with Crippen molar-refractivity contribution in [2.45, 2.75) is 70.0 Å². The largest absolute Gasteiger partial charge is 0.481 e. The van der Waals surface area contributed by atoms with Crippen molar-refractivity contribution in [1.82, 2.24) is 30.2 Å². The number of phosphoric ester groups is 3. The molecule has 0 spiro atoms. The molecule has 3 rings (SSSR count). The van der Waals surface area contributed by atoms with Crippen LogP contribution in [0.4, 0.5) is 5.82 Å². The molecule has 12 N–H and O–H groups in total. The SMILES string of the molecule is CC(O)C(O)C(=O)SCCNC(=O)CCNC(=O)[C@H](O)C(C)(C)COP(=O)(O)OP(=O)(O)OC[C@H]1O[C@@H](n2cnc3c(N)ncnc32)[C@H](O)[C@@H]1OP(=O)(O)O. The van der Waals surface area contributed by atoms with E-state index in [1.807, 2.05) is 0 Å². The Labute approximate surface area is 315 Å². The number of amides is 2. The molecule has 2 aromatic rings. The average molecular weight is 870 g/mol. The van der Waals surface area contributed by atoms with Gasteiger partial charge in [0.05, 0.1) is 25.6 Å². The molecular formula is C25H42N7O19P3S. The number of fused-ring (bicyclic) bond motifs is 1. The molecule has 0 aromatic carbocycles. The summed E-state index contributed by atoms with van der Waals surface area (Å²) in [6, 6.07) is 0. The molecule has 0 saturated carbocycles. The number of aliphatic hydroxyl groups is 4. The second-order valence-corrected chi connectivity index (χ2v) is 17.8. The Balaban J connectivity index is 1.50. The molecule has 0 radical (unpaired) electrons. The van der Waals surface area contributed by atoms with Gasteiger partial charge < -0.3 is 61.1 Å². The number of nitrogens with one attached hydrogen (secondary N) is 2. The van der Waals surface area contributed by atoms with Crippen LogP contribution >= 0.6 is 35.2 Å². The van der Waals surface area contributed by atoms with Gasteiger partial charge >= 0.3 is 23.5 Å². The minimum absolute atomic E-state index is 0.0197. The van der Waals surface area contributed by atoms with E-state index < -0.39 is 102 Å². The lowest BCUT2D eigenvalue weighted by molar-refractivity contribution is -0.137. The summed E-state index contributed by atoms with van der Waals surface area (Å²) in [7, 11) is -16.4. The average Bonchev–Trinajstić information content (AvgIpc) is 3.64. The summed E-state index contributed by atoms with van der Waals surface area (Å²) in [5.41, 5.74) is 4.20. The van der Waals surface area contributed by atoms with Gasteiger partial charge in [0, 0.05) is 30.7 Å². The van der Waals surface area contributed by atoms with Crippen molar-refractivity contribution in [3.05, 3.63) is 12.7 Å². The van der Waals surface area contributed by atoms with E-state index in [1.54, 1.807) is 0 Å². The number of rotatable bonds is 21. The van der Waals surface area contributed by atoms with E-state index in [1.165, 1.54) is 20.8 Å². The van der Waals surface area contributed by atoms with Crippen molar-refractivity contribution in [3.8, 4) is 0 Å². The van der Waals surface area contributed by atoms with Crippen molar-refractivity contribution in [2.75, 3.05) is 37.8 Å². The molecule has 4 unspecified atom stereocenters. The van der Waals surface area contributed by atoms with Crippen LogP contribution in [-0.2, 0) is 50.7 Å². The van der Waals surface area contributed by atoms with Crippen LogP contribution in [0.5, 0.6) is 0 Å². The summed E-state index contributed by atoms with van der Waals surface area (Å²) >= 11 is 0.697. The van der Waals surface area contributed by atoms with Crippen LogP contribution in [0.15, 0.2) is 12.7 Å². The number of nitrogen functional groups attached to an aromatic ring is 1. The molecule has 0 aliphatic carbocycles. The van der Waals surface area contributed by atoms with Crippen molar-refractivity contribution in [1.29, 1.82) is 0 Å². The zero-order chi connectivity index (χ0) is 41.5. The normalized spacial score (nSPS) is 23.0. The summed E-state index contributed by atoms with van der Waals surface area (Å²) < 4.78 is 61.9. The molecule has 55 heavy (non-hydrogen) atoms. The Kier molecular flexibility index (Phi) is 16.4. The van der Waals surface area contributed by atoms with E-state index in [0.717, 1.165) is 17.2 Å². The zero-order valence-electron chi connectivity index (χ0n) is 29.1. The predicted octanol–water partition coefficient (Wildman–Crippen LogP) is -2.59. The first-order valence-electron chi connectivity index (χ1n) is 15.8. The monoisotopic (exact) mass is 869 g/mol. The fourth-order valence-electron chi connectivity index (χ4n) is 4.56. The van der Waals surface area contributed by atoms with Gasteiger partial charge in [-0.2, -0.15) is 4.31 Å². The maximum Gasteiger partial charge on any atom is 0.481 e. The van der Waals surface area contributed by atoms with E-state index in [0.29, 0.717) is 11.8 Å². The van der Waals surface area contributed by atoms with Gasteiger partial charge in [0.15, 0.2) is 17.7 Å². The number of aromatic nitrogens is 4. The summed E-state index contributed by atoms with van der Waals surface area (Å²) in [6.07, 6.45) is -9.94. The number of hydrogen-bond donors (Lipinski definition) is 11. The first-order chi connectivity index (χ1) is 25.3. The number of aliphatic hydroxyl groups excluding tert-OH is 4. The Bertz CT molecular complexity index is 1810. The number of nitrogens with two attached hydrogens (primary N) is 1. The molecule has 0 bridgehead atoms. The fourth-order valence-corrected chi connectivity index (χ4v) is 8.17. The third kappa shape index (κ3) is 13.8. The van der Waals surface area contributed by atoms with Crippen LogP contribution in [0.2, 0.25) is 0 Å². The predicted molar refractivity (Wildman–Crippen MR) is 185 cm³/mol. The number of carbonyl (C=O) groups is 3. The molecular weight excluding hydrogens is 827 g/mol. The van der Waals surface area contributed by atoms with Crippen molar-refractivity contribution in [2.24, 2.45) is 5.41 Å². The smallest absolute Gasteiger partial charge is 0.390 e. The lowest BCUT2D eigenvalue weighted by Crippen LogP contribution is -2.46. The summed E-state index contributed by atoms with van der Waals surface area (Å²) in [6.45, 7) is 1.38. The van der Waals surface area contributed by atoms with Gasteiger partial charge in [-0.1, -0.05) is 25.6 Å². The van der Waals surface area contributed by atoms with Gasteiger partial charge in [-0.25, -0.2) is 28.6 Å². The van der Waals surface area contributed by atoms with E-state index in [2.05, 4.69) is 34.4 Å². The number of carbonyl (C=O) groups excluding carboxylic acids is 3. The molecule has 26 nitrogen and oxygen atoms in total. The molecule has 1 aliphatic rings. The van der Waals surface area contributed by atoms with Gasteiger partial charge in [0.1, 0.15) is 42.4 Å². The second kappa shape index (κ2) is 19.3. The maximum atomic E-state index is 12.6. The number of ether oxygens (including phenoxy) is 1. The highest BCUT2D eigenvalue weighted by Gasteiger charge is 2.50. The zero-order valence-corrected chi connectivity index (χ0v) is 32.6. The summed E-state index contributed by atoms with van der Waals surface area (Å²) in [4.78, 5) is 87.0. The van der Waals surface area contributed by atoms with Crippen LogP contribution in [0.1, 0.15) is 33.4 Å². The van der Waals surface area contributed by atoms with E-state index in [9.17, 15) is 68.1 Å². The molecule has 1 fully saturated rings. The number of hydrogen-bond acceptors (Lipinski definition) is 20. The Morgan fingerprint density at radius 1 is 1.04 bits per heavy atom. The third-order valence-corrected chi connectivity index (χ3v) is 11.5. The Hall–Kier alpha value is -2.52. The number of nitrogens with zero attached hydrogens (tertiary/aromatic N) is 4. The quantitative estimate of drug-likeness (QED) is 0.0453. The van der Waals surface area contributed by atoms with Crippen LogP contribution < -0.4 is 16.4 Å². The minimum Gasteiger partial charge on any atom is -0.390 e. The number of thioether (sulfide) groups is 1. The number of anilines is 1. The van der Waals surface area contributed by atoms with Crippen LogP contribution in [-0.4, -0.2) is 145 Å². The van der Waals surface area contributed by atoms with E-state index in [-0.39, 0.29) is 42.2 Å². The number of imidazole rings is 1. The lowest BCUT2D eigenvalue weighted by atomic mass is 9.87. The lowest BCUT2D eigenvalue weighted by Gasteiger charge is -2.30. The van der Waals surface area contributed by atoms with Gasteiger partial charge in [0.25, 0.3) is 0 Å². The maximum absolute atomic E-state index is 12.6. The first-order valence-corrected chi connectivity index (χ1v) is 21.3. The van der Waals surface area contributed by atoms with Crippen molar-refractivity contribution in [3.63, 3.8) is 0 Å². The molecule has 30 heteroatoms. The topological polar surface area (TPSA) is 404 Å². The molecule has 2 amide bonds. The molecule has 9 atom stereocenters. The van der Waals surface area contributed by atoms with Crippen LogP contribution in [0, 0.1) is 5.41 Å². The van der Waals surface area contributed by atoms with E-state index in [4.69, 9.17) is 19.5 Å². The number of phosphoric acid groups is 3. The third-order valence-electron chi connectivity index (χ3n) is 7.44. The van der Waals surface area contributed by atoms with E-state index >= 15 is 0 Å². The van der Waals surface area contributed by atoms with Crippen molar-refractivity contribution < 1.29 is 90.7 Å². The highest BCUT2D eigenvalue weighted by Crippen LogP contribution is 2.61. The van der Waals surface area contributed by atoms with Crippen LogP contribution in [0.3, 0.4) is 0 Å². The van der Waals surface area contributed by atoms with Gasteiger partial charge in [-0.3, -0.25) is 32.5 Å². The van der Waals surface area contributed by atoms with Gasteiger partial charge in [-0.15, -0.1) is 0 Å². The van der Waals surface area contributed by atoms with Gasteiger partial charge in [0.2, 0.25) is 16.9 Å². The first kappa shape index (κ1) is 46.9. The van der Waals surface area contributed by atoms with Gasteiger partial charge in [-0.05, 0) is 6.92 Å². The molecule has 3 heterocycles. The molecule has 1 aliphatic heterocycles. The highest BCUT2D eigenvalue weighted by atomic mass is 32.2. The summed E-state index contributed by atoms with van der Waals surface area (Å²) in [5.74, 6) is -1.52. The minimum atomic E-state index is -5.59. The fraction of sp³-hybridized carbons (Fsp3) is 0.680. The van der Waals surface area contributed by atoms with Crippen LogP contribution in [0.25, 0.3) is 11.2 Å². The molecule has 1 saturated heterocycles. The second-order valence-electron chi connectivity index (χ2n) is 12.4. The van der Waals surface area contributed by atoms with Crippen molar-refractivity contribution >= 4 is 69.1 Å². The Morgan fingerprint density at radius 2 is 1.69 bits per heavy atom. The Morgan fingerprint density at radius 3 is 2.33 bits per heavy atom.